The van der Waals surface area contributed by atoms with Crippen LogP contribution in [0.3, 0.4) is 0 Å². The van der Waals surface area contributed by atoms with E-state index in [0.29, 0.717) is 0 Å². The van der Waals surface area contributed by atoms with Crippen molar-refractivity contribution in [2.75, 3.05) is 31.6 Å². The van der Waals surface area contributed by atoms with Crippen LogP contribution in [0.15, 0.2) is 0 Å². The van der Waals surface area contributed by atoms with Crippen LogP contribution in [0.5, 0.6) is 0 Å². The maximum atomic E-state index is 12.6. The SMILES string of the molecule is CN(C(=O)N1CCSCC1)C1(CC(=O)O)CCCCC1. The van der Waals surface area contributed by atoms with E-state index in [1.54, 1.807) is 11.9 Å². The first-order valence-corrected chi connectivity index (χ1v) is 8.53. The first-order chi connectivity index (χ1) is 9.55. The monoisotopic (exact) mass is 300 g/mol. The molecule has 2 rings (SSSR count). The van der Waals surface area contributed by atoms with Gasteiger partial charge in [0.05, 0.1) is 12.0 Å². The third kappa shape index (κ3) is 3.40. The molecule has 0 aromatic heterocycles. The highest BCUT2D eigenvalue weighted by Gasteiger charge is 2.41. The molecule has 0 unspecified atom stereocenters. The topological polar surface area (TPSA) is 60.9 Å². The van der Waals surface area contributed by atoms with Gasteiger partial charge in [-0.15, -0.1) is 0 Å². The number of urea groups is 1. The van der Waals surface area contributed by atoms with Gasteiger partial charge in [0, 0.05) is 31.6 Å². The summed E-state index contributed by atoms with van der Waals surface area (Å²) in [6.07, 6.45) is 4.86. The Hall–Kier alpha value is -0.910. The van der Waals surface area contributed by atoms with Gasteiger partial charge in [0.1, 0.15) is 0 Å². The van der Waals surface area contributed by atoms with E-state index in [0.717, 1.165) is 56.7 Å². The zero-order chi connectivity index (χ0) is 14.6. The summed E-state index contributed by atoms with van der Waals surface area (Å²) in [6, 6.07) is 0.00782. The molecule has 1 aliphatic heterocycles. The molecule has 0 radical (unpaired) electrons. The van der Waals surface area contributed by atoms with E-state index in [1.807, 2.05) is 16.7 Å². The number of aliphatic carboxylic acids is 1. The van der Waals surface area contributed by atoms with E-state index in [1.165, 1.54) is 0 Å². The largest absolute Gasteiger partial charge is 0.481 e. The summed E-state index contributed by atoms with van der Waals surface area (Å²) in [7, 11) is 1.79. The lowest BCUT2D eigenvalue weighted by Crippen LogP contribution is -2.57. The zero-order valence-corrected chi connectivity index (χ0v) is 13.0. The number of carbonyl (C=O) groups excluding carboxylic acids is 1. The van der Waals surface area contributed by atoms with Gasteiger partial charge < -0.3 is 14.9 Å². The Morgan fingerprint density at radius 1 is 1.20 bits per heavy atom. The average molecular weight is 300 g/mol. The Labute approximate surface area is 124 Å². The molecule has 20 heavy (non-hydrogen) atoms. The molecule has 6 heteroatoms. The maximum Gasteiger partial charge on any atom is 0.320 e. The van der Waals surface area contributed by atoms with Crippen LogP contribution in [0, 0.1) is 0 Å². The van der Waals surface area contributed by atoms with Crippen LogP contribution in [0.4, 0.5) is 4.79 Å². The van der Waals surface area contributed by atoms with Crippen molar-refractivity contribution in [1.29, 1.82) is 0 Å². The molecular formula is C14H24N2O3S. The van der Waals surface area contributed by atoms with Gasteiger partial charge in [-0.05, 0) is 12.8 Å². The average Bonchev–Trinajstić information content (AvgIpc) is 2.47. The molecule has 5 nitrogen and oxygen atoms in total. The van der Waals surface area contributed by atoms with E-state index >= 15 is 0 Å². The predicted octanol–water partition coefficient (Wildman–Crippen LogP) is 2.26. The van der Waals surface area contributed by atoms with Gasteiger partial charge in [-0.3, -0.25) is 4.79 Å². The second-order valence-electron chi connectivity index (χ2n) is 5.80. The van der Waals surface area contributed by atoms with Crippen molar-refractivity contribution in [1.82, 2.24) is 9.80 Å². The van der Waals surface area contributed by atoms with E-state index in [9.17, 15) is 14.7 Å². The van der Waals surface area contributed by atoms with E-state index in [-0.39, 0.29) is 12.5 Å². The van der Waals surface area contributed by atoms with Gasteiger partial charge in [0.2, 0.25) is 0 Å². The predicted molar refractivity (Wildman–Crippen MR) is 80.1 cm³/mol. The summed E-state index contributed by atoms with van der Waals surface area (Å²) >= 11 is 1.87. The molecule has 1 saturated carbocycles. The standard InChI is InChI=1S/C14H24N2O3S/c1-15(13(19)16-7-9-20-10-8-16)14(11-12(17)18)5-3-2-4-6-14/h2-11H2,1H3,(H,17,18). The summed E-state index contributed by atoms with van der Waals surface area (Å²) in [6.45, 7) is 1.55. The molecule has 0 aromatic carbocycles. The molecule has 2 amide bonds. The smallest absolute Gasteiger partial charge is 0.320 e. The van der Waals surface area contributed by atoms with Crippen molar-refractivity contribution in [2.45, 2.75) is 44.1 Å². The lowest BCUT2D eigenvalue weighted by atomic mass is 9.78. The number of amides is 2. The fourth-order valence-corrected chi connectivity index (χ4v) is 4.19. The van der Waals surface area contributed by atoms with Crippen LogP contribution in [-0.4, -0.2) is 64.1 Å². The first kappa shape index (κ1) is 15.5. The molecule has 0 atom stereocenters. The Balaban J connectivity index is 2.10. The second kappa shape index (κ2) is 6.70. The fourth-order valence-electron chi connectivity index (χ4n) is 3.29. The van der Waals surface area contributed by atoms with Crippen LogP contribution >= 0.6 is 11.8 Å². The summed E-state index contributed by atoms with van der Waals surface area (Å²) in [4.78, 5) is 27.5. The zero-order valence-electron chi connectivity index (χ0n) is 12.1. The number of hydrogen-bond donors (Lipinski definition) is 1. The first-order valence-electron chi connectivity index (χ1n) is 7.37. The lowest BCUT2D eigenvalue weighted by Gasteiger charge is -2.46. The van der Waals surface area contributed by atoms with Gasteiger partial charge in [-0.2, -0.15) is 11.8 Å². The highest BCUT2D eigenvalue weighted by atomic mass is 32.2. The van der Waals surface area contributed by atoms with Crippen LogP contribution < -0.4 is 0 Å². The van der Waals surface area contributed by atoms with Gasteiger partial charge >= 0.3 is 12.0 Å². The summed E-state index contributed by atoms with van der Waals surface area (Å²) in [5, 5.41) is 9.22. The third-order valence-corrected chi connectivity index (χ3v) is 5.49. The molecule has 1 aliphatic carbocycles. The number of thioether (sulfide) groups is 1. The fraction of sp³-hybridized carbons (Fsp3) is 0.857. The van der Waals surface area contributed by atoms with Crippen LogP contribution in [0.1, 0.15) is 38.5 Å². The molecule has 0 bridgehead atoms. The summed E-state index contributed by atoms with van der Waals surface area (Å²) in [5.41, 5.74) is -0.480. The number of carboxylic acids is 1. The van der Waals surface area contributed by atoms with E-state index in [2.05, 4.69) is 0 Å². The van der Waals surface area contributed by atoms with Gasteiger partial charge in [-0.25, -0.2) is 4.79 Å². The molecule has 1 heterocycles. The lowest BCUT2D eigenvalue weighted by molar-refractivity contribution is -0.140. The highest BCUT2D eigenvalue weighted by Crippen LogP contribution is 2.36. The van der Waals surface area contributed by atoms with Gasteiger partial charge in [0.15, 0.2) is 0 Å². The van der Waals surface area contributed by atoms with E-state index < -0.39 is 11.5 Å². The second-order valence-corrected chi connectivity index (χ2v) is 7.02. The minimum Gasteiger partial charge on any atom is -0.481 e. The Kier molecular flexibility index (Phi) is 5.18. The van der Waals surface area contributed by atoms with Crippen molar-refractivity contribution in [3.63, 3.8) is 0 Å². The molecule has 0 spiro atoms. The number of nitrogens with zero attached hydrogens (tertiary/aromatic N) is 2. The van der Waals surface area contributed by atoms with Crippen molar-refractivity contribution in [3.05, 3.63) is 0 Å². The molecule has 1 N–H and O–H groups in total. The van der Waals surface area contributed by atoms with Crippen LogP contribution in [0.2, 0.25) is 0 Å². The van der Waals surface area contributed by atoms with Gasteiger partial charge in [0.25, 0.3) is 0 Å². The van der Waals surface area contributed by atoms with Crippen molar-refractivity contribution in [2.24, 2.45) is 0 Å². The molecule has 114 valence electrons. The number of rotatable bonds is 3. The molecule has 2 fully saturated rings. The molecule has 0 aromatic rings. The Bertz CT molecular complexity index is 363. The van der Waals surface area contributed by atoms with Crippen LogP contribution in [-0.2, 0) is 4.79 Å². The maximum absolute atomic E-state index is 12.6. The Morgan fingerprint density at radius 2 is 1.80 bits per heavy atom. The highest BCUT2D eigenvalue weighted by molar-refractivity contribution is 7.99. The Morgan fingerprint density at radius 3 is 2.35 bits per heavy atom. The summed E-state index contributed by atoms with van der Waals surface area (Å²) in [5.74, 6) is 1.15. The normalized spacial score (nSPS) is 22.4. The van der Waals surface area contributed by atoms with Gasteiger partial charge in [-0.1, -0.05) is 19.3 Å². The van der Waals surface area contributed by atoms with Crippen molar-refractivity contribution >= 4 is 23.8 Å². The minimum atomic E-state index is -0.805. The number of carboxylic acid groups (broad SMARTS) is 1. The van der Waals surface area contributed by atoms with Crippen molar-refractivity contribution in [3.8, 4) is 0 Å². The van der Waals surface area contributed by atoms with Crippen LogP contribution in [0.25, 0.3) is 0 Å². The molecular weight excluding hydrogens is 276 g/mol. The third-order valence-electron chi connectivity index (χ3n) is 4.54. The molecule has 2 aliphatic rings. The van der Waals surface area contributed by atoms with E-state index in [4.69, 9.17) is 0 Å². The summed E-state index contributed by atoms with van der Waals surface area (Å²) < 4.78 is 0. The quantitative estimate of drug-likeness (QED) is 0.868. The number of carbonyl (C=O) groups is 2. The number of hydrogen-bond acceptors (Lipinski definition) is 3. The van der Waals surface area contributed by atoms with Crippen molar-refractivity contribution < 1.29 is 14.7 Å². The minimum absolute atomic E-state index is 0.00782. The molecule has 1 saturated heterocycles.